The summed E-state index contributed by atoms with van der Waals surface area (Å²) in [7, 11) is -3.94. The monoisotopic (exact) mass is 582 g/mol. The Hall–Kier alpha value is -3.24. The van der Waals surface area contributed by atoms with Crippen LogP contribution in [-0.2, 0) is 28.2 Å². The zero-order valence-corrected chi connectivity index (χ0v) is 23.5. The number of halogens is 4. The average molecular weight is 583 g/mol. The first-order chi connectivity index (χ1) is 18.1. The van der Waals surface area contributed by atoms with Crippen molar-refractivity contribution < 1.29 is 31.1 Å². The second-order valence-corrected chi connectivity index (χ2v) is 12.3. The lowest BCUT2D eigenvalue weighted by Crippen LogP contribution is -2.30. The standard InChI is InChI=1S/C28H30ClF3N2O4S/c1-27(2,3)21-9-12-23(13-10-21)38-16-15-33-26(35)20-7-5-19(6-8-20)18-34(39(4,36)37)22-11-14-25(29)24(17-22)28(30,31)32/h5-14,17H,15-16,18H2,1-4H3,(H,33,35). The molecule has 6 nitrogen and oxygen atoms in total. The molecule has 0 radical (unpaired) electrons. The number of sulfonamides is 1. The molecule has 0 saturated carbocycles. The number of hydrogen-bond donors (Lipinski definition) is 1. The Kier molecular flexibility index (Phi) is 9.23. The maximum atomic E-state index is 13.3. The van der Waals surface area contributed by atoms with E-state index in [0.717, 1.165) is 16.6 Å². The highest BCUT2D eigenvalue weighted by atomic mass is 35.5. The average Bonchev–Trinajstić information content (AvgIpc) is 2.84. The highest BCUT2D eigenvalue weighted by Gasteiger charge is 2.34. The van der Waals surface area contributed by atoms with E-state index in [1.165, 1.54) is 23.8 Å². The summed E-state index contributed by atoms with van der Waals surface area (Å²) in [6.07, 6.45) is -3.84. The molecule has 0 bridgehead atoms. The fraction of sp³-hybridized carbons (Fsp3) is 0.321. The third-order valence-corrected chi connectivity index (χ3v) is 7.33. The molecule has 0 aliphatic carbocycles. The first kappa shape index (κ1) is 30.3. The molecule has 3 rings (SSSR count). The van der Waals surface area contributed by atoms with Crippen LogP contribution < -0.4 is 14.4 Å². The van der Waals surface area contributed by atoms with Crippen molar-refractivity contribution in [2.45, 2.75) is 38.9 Å². The SMILES string of the molecule is CC(C)(C)c1ccc(OCCNC(=O)c2ccc(CN(c3ccc(Cl)c(C(F)(F)F)c3)S(C)(=O)=O)cc2)cc1. The van der Waals surface area contributed by atoms with Crippen LogP contribution in [0.5, 0.6) is 5.75 Å². The van der Waals surface area contributed by atoms with Crippen LogP contribution in [0.4, 0.5) is 18.9 Å². The maximum Gasteiger partial charge on any atom is 0.417 e. The molecule has 0 atom stereocenters. The molecule has 0 aromatic heterocycles. The molecule has 0 heterocycles. The van der Waals surface area contributed by atoms with Crippen LogP contribution in [0.1, 0.15) is 47.8 Å². The number of benzene rings is 3. The number of rotatable bonds is 9. The van der Waals surface area contributed by atoms with Gasteiger partial charge in [-0.2, -0.15) is 13.2 Å². The van der Waals surface area contributed by atoms with Gasteiger partial charge in [-0.05, 0) is 59.0 Å². The van der Waals surface area contributed by atoms with E-state index in [9.17, 15) is 26.4 Å². The van der Waals surface area contributed by atoms with Crippen LogP contribution >= 0.6 is 11.6 Å². The van der Waals surface area contributed by atoms with E-state index in [4.69, 9.17) is 16.3 Å². The zero-order valence-electron chi connectivity index (χ0n) is 22.0. The Morgan fingerprint density at radius 3 is 2.13 bits per heavy atom. The molecule has 0 saturated heterocycles. The summed E-state index contributed by atoms with van der Waals surface area (Å²) in [5.41, 5.74) is 0.729. The van der Waals surface area contributed by atoms with Crippen molar-refractivity contribution in [3.05, 3.63) is 94.0 Å². The summed E-state index contributed by atoms with van der Waals surface area (Å²) in [5.74, 6) is 0.348. The van der Waals surface area contributed by atoms with Gasteiger partial charge in [0.25, 0.3) is 5.91 Å². The van der Waals surface area contributed by atoms with E-state index >= 15 is 0 Å². The third-order valence-electron chi connectivity index (χ3n) is 5.86. The smallest absolute Gasteiger partial charge is 0.417 e. The molecule has 0 spiro atoms. The predicted octanol–water partition coefficient (Wildman–Crippen LogP) is 6.43. The normalized spacial score (nSPS) is 12.2. The molecule has 0 fully saturated rings. The molecule has 3 aromatic carbocycles. The van der Waals surface area contributed by atoms with Gasteiger partial charge in [0.2, 0.25) is 10.0 Å². The lowest BCUT2D eigenvalue weighted by atomic mass is 9.87. The highest BCUT2D eigenvalue weighted by Crippen LogP contribution is 2.37. The number of ether oxygens (including phenoxy) is 1. The topological polar surface area (TPSA) is 75.7 Å². The molecule has 1 N–H and O–H groups in total. The van der Waals surface area contributed by atoms with E-state index in [-0.39, 0.29) is 36.7 Å². The van der Waals surface area contributed by atoms with Crippen LogP contribution in [0.3, 0.4) is 0 Å². The summed E-state index contributed by atoms with van der Waals surface area (Å²) in [4.78, 5) is 12.5. The largest absolute Gasteiger partial charge is 0.492 e. The Bertz CT molecular complexity index is 1400. The van der Waals surface area contributed by atoms with Crippen molar-refractivity contribution >= 4 is 33.2 Å². The Morgan fingerprint density at radius 1 is 0.974 bits per heavy atom. The van der Waals surface area contributed by atoms with Gasteiger partial charge >= 0.3 is 6.18 Å². The number of anilines is 1. The molecule has 210 valence electrons. The van der Waals surface area contributed by atoms with E-state index < -0.39 is 26.8 Å². The molecular formula is C28H30ClF3N2O4S. The molecule has 0 aliphatic rings. The number of carbonyl (C=O) groups excluding carboxylic acids is 1. The number of nitrogens with zero attached hydrogens (tertiary/aromatic N) is 1. The highest BCUT2D eigenvalue weighted by molar-refractivity contribution is 7.92. The van der Waals surface area contributed by atoms with Crippen LogP contribution in [0, 0.1) is 0 Å². The van der Waals surface area contributed by atoms with Crippen LogP contribution in [0.15, 0.2) is 66.7 Å². The number of amides is 1. The van der Waals surface area contributed by atoms with Crippen molar-refractivity contribution in [3.8, 4) is 5.75 Å². The van der Waals surface area contributed by atoms with Crippen molar-refractivity contribution in [2.75, 3.05) is 23.7 Å². The molecule has 3 aromatic rings. The van der Waals surface area contributed by atoms with Crippen LogP contribution in [0.2, 0.25) is 5.02 Å². The van der Waals surface area contributed by atoms with E-state index in [1.807, 2.05) is 24.3 Å². The number of alkyl halides is 3. The fourth-order valence-corrected chi connectivity index (χ4v) is 4.80. The minimum atomic E-state index is -4.74. The van der Waals surface area contributed by atoms with Crippen molar-refractivity contribution in [2.24, 2.45) is 0 Å². The zero-order chi connectivity index (χ0) is 29.0. The molecule has 11 heteroatoms. The summed E-state index contributed by atoms with van der Waals surface area (Å²) in [5, 5.41) is 2.22. The summed E-state index contributed by atoms with van der Waals surface area (Å²) in [6, 6.07) is 16.8. The van der Waals surface area contributed by atoms with Gasteiger partial charge < -0.3 is 10.1 Å². The summed E-state index contributed by atoms with van der Waals surface area (Å²) in [6.45, 7) is 6.67. The first-order valence-corrected chi connectivity index (χ1v) is 14.2. The van der Waals surface area contributed by atoms with E-state index in [2.05, 4.69) is 26.1 Å². The second-order valence-electron chi connectivity index (χ2n) is 10.0. The minimum Gasteiger partial charge on any atom is -0.492 e. The number of nitrogens with one attached hydrogen (secondary N) is 1. The Balaban J connectivity index is 1.61. The van der Waals surface area contributed by atoms with Crippen molar-refractivity contribution in [1.82, 2.24) is 5.32 Å². The van der Waals surface area contributed by atoms with Gasteiger partial charge in [0.15, 0.2) is 0 Å². The number of hydrogen-bond acceptors (Lipinski definition) is 4. The summed E-state index contributed by atoms with van der Waals surface area (Å²) >= 11 is 5.67. The Morgan fingerprint density at radius 2 is 1.59 bits per heavy atom. The molecule has 39 heavy (non-hydrogen) atoms. The van der Waals surface area contributed by atoms with Gasteiger partial charge in [-0.25, -0.2) is 8.42 Å². The summed E-state index contributed by atoms with van der Waals surface area (Å²) < 4.78 is 71.2. The third kappa shape index (κ3) is 8.37. The molecule has 1 amide bonds. The van der Waals surface area contributed by atoms with E-state index in [1.54, 1.807) is 12.1 Å². The number of carbonyl (C=O) groups is 1. The van der Waals surface area contributed by atoms with Gasteiger partial charge in [-0.15, -0.1) is 0 Å². The van der Waals surface area contributed by atoms with Gasteiger partial charge in [0, 0.05) is 5.56 Å². The van der Waals surface area contributed by atoms with Crippen molar-refractivity contribution in [1.29, 1.82) is 0 Å². The predicted molar refractivity (Wildman–Crippen MR) is 147 cm³/mol. The lowest BCUT2D eigenvalue weighted by molar-refractivity contribution is -0.137. The second kappa shape index (κ2) is 11.9. The van der Waals surface area contributed by atoms with Crippen molar-refractivity contribution in [3.63, 3.8) is 0 Å². The fourth-order valence-electron chi connectivity index (χ4n) is 3.70. The van der Waals surface area contributed by atoms with Gasteiger partial charge in [-0.1, -0.05) is 56.6 Å². The quantitative estimate of drug-likeness (QED) is 0.295. The van der Waals surface area contributed by atoms with Crippen LogP contribution in [0.25, 0.3) is 0 Å². The lowest BCUT2D eigenvalue weighted by Gasteiger charge is -2.24. The van der Waals surface area contributed by atoms with Gasteiger partial charge in [-0.3, -0.25) is 9.10 Å². The maximum absolute atomic E-state index is 13.3. The van der Waals surface area contributed by atoms with E-state index in [0.29, 0.717) is 22.9 Å². The Labute approximate surface area is 231 Å². The first-order valence-electron chi connectivity index (χ1n) is 12.0. The molecule has 0 unspecified atom stereocenters. The molecular weight excluding hydrogens is 553 g/mol. The van der Waals surface area contributed by atoms with Gasteiger partial charge in [0.05, 0.1) is 35.6 Å². The minimum absolute atomic E-state index is 0.0393. The van der Waals surface area contributed by atoms with Gasteiger partial charge in [0.1, 0.15) is 12.4 Å². The molecule has 0 aliphatic heterocycles. The van der Waals surface area contributed by atoms with Crippen LogP contribution in [-0.4, -0.2) is 33.7 Å².